The molecule has 0 spiro atoms. The molecule has 1 heterocycles. The molecule has 1 aliphatic heterocycles. The Morgan fingerprint density at radius 3 is 1.94 bits per heavy atom. The molecule has 6 N–H and O–H groups in total. The van der Waals surface area contributed by atoms with Crippen molar-refractivity contribution in [1.82, 2.24) is 5.32 Å². The fourth-order valence-corrected chi connectivity index (χ4v) is 10.2. The van der Waals surface area contributed by atoms with Crippen molar-refractivity contribution in [3.63, 3.8) is 0 Å². The predicted molar refractivity (Wildman–Crippen MR) is 234 cm³/mol. The number of ketones is 1. The molecule has 3 aliphatic carbocycles. The van der Waals surface area contributed by atoms with E-state index in [9.17, 15) is 39.3 Å². The van der Waals surface area contributed by atoms with Gasteiger partial charge in [0, 0.05) is 44.8 Å². The van der Waals surface area contributed by atoms with Crippen molar-refractivity contribution in [3.8, 4) is 0 Å². The van der Waals surface area contributed by atoms with Crippen molar-refractivity contribution < 1.29 is 72.5 Å². The van der Waals surface area contributed by atoms with Gasteiger partial charge in [-0.2, -0.15) is 0 Å². The number of hydrogen-bond acceptors (Lipinski definition) is 16. The lowest BCUT2D eigenvalue weighted by Gasteiger charge is -2.67. The second kappa shape index (κ2) is 19.6. The first-order valence-electron chi connectivity index (χ1n) is 21.6. The summed E-state index contributed by atoms with van der Waals surface area (Å²) in [5.74, 6) is -6.84. The minimum absolute atomic E-state index is 0.00289. The highest BCUT2D eigenvalue weighted by molar-refractivity contribution is 5.96. The van der Waals surface area contributed by atoms with E-state index in [0.29, 0.717) is 12.3 Å². The summed E-state index contributed by atoms with van der Waals surface area (Å²) in [5.41, 5.74) is -2.21. The van der Waals surface area contributed by atoms with E-state index in [4.69, 9.17) is 29.4 Å². The number of esters is 4. The molecule has 3 aromatic carbocycles. The molecule has 3 aromatic rings. The summed E-state index contributed by atoms with van der Waals surface area (Å²) < 4.78 is 34.6. The highest BCUT2D eigenvalue weighted by atomic mass is 16.6. The van der Waals surface area contributed by atoms with Crippen LogP contribution in [0.2, 0.25) is 0 Å². The molecule has 2 bridgehead atoms. The van der Waals surface area contributed by atoms with Crippen LogP contribution >= 0.6 is 0 Å². The van der Waals surface area contributed by atoms with Gasteiger partial charge in [0.25, 0.3) is 5.91 Å². The largest absolute Gasteiger partial charge is 0.456 e. The van der Waals surface area contributed by atoms with Gasteiger partial charge in [0.2, 0.25) is 0 Å². The Morgan fingerprint density at radius 1 is 0.864 bits per heavy atom. The minimum atomic E-state index is -2.39. The van der Waals surface area contributed by atoms with Gasteiger partial charge in [-0.15, -0.1) is 0 Å². The van der Waals surface area contributed by atoms with Crippen molar-refractivity contribution >= 4 is 35.6 Å². The number of fused-ring (bicyclic) bond motifs is 5. The first-order valence-corrected chi connectivity index (χ1v) is 21.6. The second-order valence-electron chi connectivity index (χ2n) is 17.8. The van der Waals surface area contributed by atoms with Gasteiger partial charge in [-0.3, -0.25) is 19.2 Å². The van der Waals surface area contributed by atoms with Gasteiger partial charge in [-0.25, -0.2) is 9.59 Å². The van der Waals surface area contributed by atoms with E-state index in [-0.39, 0.29) is 35.3 Å². The highest BCUT2D eigenvalue weighted by Crippen LogP contribution is 2.64. The summed E-state index contributed by atoms with van der Waals surface area (Å²) in [6.07, 6.45) is -10.5. The fourth-order valence-electron chi connectivity index (χ4n) is 10.2. The molecule has 66 heavy (non-hydrogen) atoms. The molecule has 17 nitrogen and oxygen atoms in total. The number of benzene rings is 3. The third-order valence-electron chi connectivity index (χ3n) is 13.6. The molecule has 354 valence electrons. The Balaban J connectivity index is 0.00000173. The molecule has 0 aromatic heterocycles. The van der Waals surface area contributed by atoms with Crippen molar-refractivity contribution in [2.75, 3.05) is 20.4 Å². The quantitative estimate of drug-likeness (QED) is 0.0801. The number of rotatable bonds is 11. The molecule has 1 unspecified atom stereocenters. The van der Waals surface area contributed by atoms with Crippen LogP contribution < -0.4 is 11.1 Å². The molecule has 0 radical (unpaired) electrons. The van der Waals surface area contributed by atoms with Crippen molar-refractivity contribution in [3.05, 3.63) is 119 Å². The van der Waals surface area contributed by atoms with E-state index in [2.05, 4.69) is 10.1 Å². The van der Waals surface area contributed by atoms with E-state index in [0.717, 1.165) is 13.8 Å². The maximum Gasteiger partial charge on any atom is 0.338 e. The Bertz CT molecular complexity index is 2320. The van der Waals surface area contributed by atoms with Gasteiger partial charge in [0.15, 0.2) is 23.6 Å². The van der Waals surface area contributed by atoms with Crippen LogP contribution in [-0.2, 0) is 47.6 Å². The number of methoxy groups -OCH3 is 1. The summed E-state index contributed by atoms with van der Waals surface area (Å²) in [6.45, 7) is 8.29. The number of aliphatic hydroxyl groups excluding tert-OH is 2. The van der Waals surface area contributed by atoms with Crippen LogP contribution in [0, 0.1) is 16.7 Å². The van der Waals surface area contributed by atoms with Crippen LogP contribution in [-0.4, -0.2) is 119 Å². The van der Waals surface area contributed by atoms with Gasteiger partial charge < -0.3 is 54.8 Å². The summed E-state index contributed by atoms with van der Waals surface area (Å²) in [7, 11) is 1.56. The Hall–Kier alpha value is -5.82. The Kier molecular flexibility index (Phi) is 14.7. The predicted octanol–water partition coefficient (Wildman–Crippen LogP) is 3.28. The van der Waals surface area contributed by atoms with Gasteiger partial charge in [0.05, 0.1) is 42.4 Å². The zero-order chi connectivity index (χ0) is 48.4. The molecular formula is C49H58N2O15. The SMILES string of the molecule is CC(=O)O[C@H]1C(=O)[C@@]2(C)[C@H]([C@H](OC(=O)c3ccccc3)[C@]3(O)CC(OC(=O)[C@H](O)[C@@H](NC(=O)c4ccccc4)c4ccccc4)C(C)=C1C3(C)C)[C@]1(OC(C)=O)CO[C@@H]1C[C@@H]2O.COCN. The van der Waals surface area contributed by atoms with Gasteiger partial charge in [-0.1, -0.05) is 80.6 Å². The van der Waals surface area contributed by atoms with Crippen LogP contribution in [0.3, 0.4) is 0 Å². The molecule has 11 atom stereocenters. The van der Waals surface area contributed by atoms with Crippen molar-refractivity contribution in [1.29, 1.82) is 0 Å². The van der Waals surface area contributed by atoms with Crippen LogP contribution in [0.4, 0.5) is 0 Å². The Labute approximate surface area is 382 Å². The lowest BCUT2D eigenvalue weighted by atomic mass is 9.44. The normalized spacial score (nSPS) is 30.4. The smallest absolute Gasteiger partial charge is 0.338 e. The zero-order valence-corrected chi connectivity index (χ0v) is 37.9. The van der Waals surface area contributed by atoms with Crippen molar-refractivity contribution in [2.24, 2.45) is 22.5 Å². The first kappa shape index (κ1) is 49.6. The standard InChI is InChI=1S/C47H51NO14.C2H7NO/c1-25-31(60-43(56)36(52)35(28-16-10-7-11-17-28)48-41(54)29-18-12-8-13-19-29)23-47(57)40(61-42(55)30-20-14-9-15-21-30)38-45(6,32(51)22-33-46(38,24-58-33)62-27(3)50)39(53)37(59-26(2)49)34(25)44(47,4)5;1-4-2-3/h7-21,31-33,35-38,40,51-52,57H,22-24H2,1-6H3,(H,48,54);2-3H2,1H3/t31?,32-,33+,35-,36+,37+,38-,40-,45+,46-,47+;/m0./s1. The minimum Gasteiger partial charge on any atom is -0.456 e. The number of carbonyl (C=O) groups is 6. The fraction of sp³-hybridized carbons (Fsp3) is 0.469. The molecule has 3 fully saturated rings. The summed E-state index contributed by atoms with van der Waals surface area (Å²) in [6, 6.07) is 22.9. The Morgan fingerprint density at radius 2 is 1.42 bits per heavy atom. The number of hydrogen-bond donors (Lipinski definition) is 5. The number of aliphatic hydroxyl groups is 3. The summed E-state index contributed by atoms with van der Waals surface area (Å²) >= 11 is 0. The number of carbonyl (C=O) groups excluding carboxylic acids is 6. The molecule has 1 amide bonds. The average Bonchev–Trinajstić information content (AvgIpc) is 3.29. The molecule has 7 rings (SSSR count). The first-order chi connectivity index (χ1) is 31.2. The van der Waals surface area contributed by atoms with Gasteiger partial charge >= 0.3 is 23.9 Å². The maximum absolute atomic E-state index is 15.5. The number of amides is 1. The van der Waals surface area contributed by atoms with Crippen LogP contribution in [0.15, 0.2) is 102 Å². The number of nitrogens with two attached hydrogens (primary N) is 1. The maximum atomic E-state index is 15.5. The van der Waals surface area contributed by atoms with Gasteiger partial charge in [-0.05, 0) is 54.8 Å². The lowest BCUT2D eigenvalue weighted by Crippen LogP contribution is -2.82. The highest BCUT2D eigenvalue weighted by Gasteiger charge is 2.78. The topological polar surface area (TPSA) is 257 Å². The number of Topliss-reactive ketones (excluding diaryl/α,β-unsaturated/α-hetero) is 1. The monoisotopic (exact) mass is 914 g/mol. The lowest BCUT2D eigenvalue weighted by molar-refractivity contribution is -0.346. The summed E-state index contributed by atoms with van der Waals surface area (Å²) in [5, 5.41) is 40.2. The molecule has 2 saturated carbocycles. The van der Waals surface area contributed by atoms with Crippen LogP contribution in [0.5, 0.6) is 0 Å². The van der Waals surface area contributed by atoms with E-state index in [1.165, 1.54) is 26.0 Å². The third kappa shape index (κ3) is 8.90. The van der Waals surface area contributed by atoms with E-state index in [1.54, 1.807) is 99.8 Å². The molecule has 17 heteroatoms. The third-order valence-corrected chi connectivity index (χ3v) is 13.6. The average molecular weight is 915 g/mol. The van der Waals surface area contributed by atoms with Crippen LogP contribution in [0.25, 0.3) is 0 Å². The molecular weight excluding hydrogens is 857 g/mol. The second-order valence-corrected chi connectivity index (χ2v) is 17.8. The van der Waals surface area contributed by atoms with Gasteiger partial charge in [0.1, 0.15) is 23.9 Å². The van der Waals surface area contributed by atoms with E-state index in [1.807, 2.05) is 0 Å². The zero-order valence-electron chi connectivity index (χ0n) is 37.9. The molecule has 1 saturated heterocycles. The number of ether oxygens (including phenoxy) is 6. The van der Waals surface area contributed by atoms with E-state index >= 15 is 4.79 Å². The molecule has 4 aliphatic rings. The van der Waals surface area contributed by atoms with Crippen molar-refractivity contribution in [2.45, 2.75) is 108 Å². The summed E-state index contributed by atoms with van der Waals surface area (Å²) in [4.78, 5) is 83.5. The van der Waals surface area contributed by atoms with E-state index < -0.39 is 113 Å². The number of nitrogens with one attached hydrogen (secondary N) is 1. The van der Waals surface area contributed by atoms with Crippen LogP contribution in [0.1, 0.15) is 86.7 Å².